The van der Waals surface area contributed by atoms with Crippen LogP contribution in [0.1, 0.15) is 32.1 Å². The molecule has 106 valence electrons. The van der Waals surface area contributed by atoms with E-state index in [9.17, 15) is 4.79 Å². The Balaban J connectivity index is 2.14. The summed E-state index contributed by atoms with van der Waals surface area (Å²) in [4.78, 5) is 12.0. The van der Waals surface area contributed by atoms with Gasteiger partial charge < -0.3 is 20.5 Å². The predicted molar refractivity (Wildman–Crippen MR) is 70.3 cm³/mol. The molecule has 18 heavy (non-hydrogen) atoms. The third-order valence-electron chi connectivity index (χ3n) is 3.38. The Morgan fingerprint density at radius 2 is 2.00 bits per heavy atom. The highest BCUT2D eigenvalue weighted by Gasteiger charge is 2.26. The third-order valence-corrected chi connectivity index (χ3v) is 3.38. The van der Waals surface area contributed by atoms with Gasteiger partial charge in [-0.2, -0.15) is 0 Å². The monoisotopic (exact) mass is 258 g/mol. The van der Waals surface area contributed by atoms with E-state index in [1.54, 1.807) is 7.11 Å². The Labute approximate surface area is 109 Å². The van der Waals surface area contributed by atoms with Crippen molar-refractivity contribution in [2.24, 2.45) is 11.7 Å². The van der Waals surface area contributed by atoms with Gasteiger partial charge in [0.2, 0.25) is 5.91 Å². The van der Waals surface area contributed by atoms with Crippen LogP contribution in [-0.2, 0) is 14.3 Å². The number of nitrogens with two attached hydrogens (primary N) is 1. The molecule has 1 amide bonds. The minimum Gasteiger partial charge on any atom is -0.382 e. The Kier molecular flexibility index (Phi) is 7.96. The van der Waals surface area contributed by atoms with Crippen molar-refractivity contribution in [1.82, 2.24) is 5.32 Å². The molecule has 3 N–H and O–H groups in total. The lowest BCUT2D eigenvalue weighted by Gasteiger charge is -2.20. The molecule has 1 rings (SSSR count). The summed E-state index contributed by atoms with van der Waals surface area (Å²) < 4.78 is 10.2. The van der Waals surface area contributed by atoms with Crippen molar-refractivity contribution in [2.75, 3.05) is 33.5 Å². The van der Waals surface area contributed by atoms with Crippen molar-refractivity contribution in [3.63, 3.8) is 0 Å². The molecular formula is C13H26N2O3. The van der Waals surface area contributed by atoms with Crippen LogP contribution in [0.15, 0.2) is 0 Å². The molecule has 5 nitrogen and oxygen atoms in total. The number of hydrogen-bond acceptors (Lipinski definition) is 4. The molecule has 1 fully saturated rings. The molecule has 1 aliphatic rings. The topological polar surface area (TPSA) is 73.6 Å². The van der Waals surface area contributed by atoms with E-state index in [-0.39, 0.29) is 17.9 Å². The van der Waals surface area contributed by atoms with Crippen LogP contribution in [0, 0.1) is 5.92 Å². The summed E-state index contributed by atoms with van der Waals surface area (Å²) >= 11 is 0. The number of carbonyl (C=O) groups is 1. The van der Waals surface area contributed by atoms with E-state index < -0.39 is 0 Å². The Bertz CT molecular complexity index is 236. The first-order valence-corrected chi connectivity index (χ1v) is 6.85. The predicted octanol–water partition coefficient (Wildman–Crippen LogP) is 0.673. The molecule has 0 bridgehead atoms. The zero-order valence-electron chi connectivity index (χ0n) is 11.3. The second-order valence-electron chi connectivity index (χ2n) is 4.80. The van der Waals surface area contributed by atoms with E-state index in [4.69, 9.17) is 15.2 Å². The van der Waals surface area contributed by atoms with E-state index in [0.717, 1.165) is 25.7 Å². The lowest BCUT2D eigenvalue weighted by Crippen LogP contribution is -2.42. The number of hydrogen-bond donors (Lipinski definition) is 2. The van der Waals surface area contributed by atoms with E-state index in [0.29, 0.717) is 26.4 Å². The SMILES string of the molecule is COCCOCCNC(=O)C1CCCCCC1N. The highest BCUT2D eigenvalue weighted by molar-refractivity contribution is 5.79. The lowest BCUT2D eigenvalue weighted by atomic mass is 9.95. The van der Waals surface area contributed by atoms with Gasteiger partial charge in [0.25, 0.3) is 0 Å². The zero-order chi connectivity index (χ0) is 13.2. The van der Waals surface area contributed by atoms with Crippen LogP contribution < -0.4 is 11.1 Å². The molecule has 1 saturated carbocycles. The summed E-state index contributed by atoms with van der Waals surface area (Å²) in [5.74, 6) is 0.0613. The van der Waals surface area contributed by atoms with E-state index in [1.807, 2.05) is 0 Å². The Morgan fingerprint density at radius 1 is 1.22 bits per heavy atom. The standard InChI is InChI=1S/C13H26N2O3/c1-17-9-10-18-8-7-15-13(16)11-5-3-2-4-6-12(11)14/h11-12H,2-10,14H2,1H3,(H,15,16). The molecular weight excluding hydrogens is 232 g/mol. The molecule has 0 aromatic rings. The van der Waals surface area contributed by atoms with Gasteiger partial charge in [-0.15, -0.1) is 0 Å². The second-order valence-corrected chi connectivity index (χ2v) is 4.80. The molecule has 0 aliphatic heterocycles. The third kappa shape index (κ3) is 5.80. The van der Waals surface area contributed by atoms with Gasteiger partial charge in [0.1, 0.15) is 0 Å². The first-order valence-electron chi connectivity index (χ1n) is 6.85. The van der Waals surface area contributed by atoms with Gasteiger partial charge in [-0.05, 0) is 12.8 Å². The highest BCUT2D eigenvalue weighted by atomic mass is 16.5. The van der Waals surface area contributed by atoms with Gasteiger partial charge in [0.15, 0.2) is 0 Å². The summed E-state index contributed by atoms with van der Waals surface area (Å²) in [6.45, 7) is 2.22. The summed E-state index contributed by atoms with van der Waals surface area (Å²) in [6.07, 6.45) is 5.32. The Hall–Kier alpha value is -0.650. The Morgan fingerprint density at radius 3 is 2.78 bits per heavy atom. The van der Waals surface area contributed by atoms with Crippen LogP contribution >= 0.6 is 0 Å². The van der Waals surface area contributed by atoms with Crippen molar-refractivity contribution in [3.05, 3.63) is 0 Å². The first kappa shape index (κ1) is 15.4. The van der Waals surface area contributed by atoms with Crippen LogP contribution in [0.2, 0.25) is 0 Å². The van der Waals surface area contributed by atoms with Crippen molar-refractivity contribution < 1.29 is 14.3 Å². The van der Waals surface area contributed by atoms with Crippen LogP contribution in [0.25, 0.3) is 0 Å². The molecule has 2 atom stereocenters. The van der Waals surface area contributed by atoms with Crippen LogP contribution in [0.3, 0.4) is 0 Å². The summed E-state index contributed by atoms with van der Waals surface area (Å²) in [5.41, 5.74) is 6.04. The van der Waals surface area contributed by atoms with E-state index >= 15 is 0 Å². The summed E-state index contributed by atoms with van der Waals surface area (Å²) in [5, 5.41) is 2.90. The number of amides is 1. The molecule has 1 aliphatic carbocycles. The fourth-order valence-electron chi connectivity index (χ4n) is 2.28. The van der Waals surface area contributed by atoms with Crippen molar-refractivity contribution in [3.8, 4) is 0 Å². The van der Waals surface area contributed by atoms with Crippen molar-refractivity contribution in [1.29, 1.82) is 0 Å². The smallest absolute Gasteiger partial charge is 0.224 e. The summed E-state index contributed by atoms with van der Waals surface area (Å²) in [7, 11) is 1.64. The van der Waals surface area contributed by atoms with E-state index in [2.05, 4.69) is 5.32 Å². The number of methoxy groups -OCH3 is 1. The first-order chi connectivity index (χ1) is 8.75. The quantitative estimate of drug-likeness (QED) is 0.520. The number of nitrogens with one attached hydrogen (secondary N) is 1. The van der Waals surface area contributed by atoms with Crippen LogP contribution in [-0.4, -0.2) is 45.4 Å². The number of carbonyl (C=O) groups excluding carboxylic acids is 1. The normalized spacial score (nSPS) is 24.6. The largest absolute Gasteiger partial charge is 0.382 e. The van der Waals surface area contributed by atoms with Gasteiger partial charge in [0, 0.05) is 19.7 Å². The summed E-state index contributed by atoms with van der Waals surface area (Å²) in [6, 6.07) is 0.0157. The molecule has 0 heterocycles. The van der Waals surface area contributed by atoms with Gasteiger partial charge in [-0.3, -0.25) is 4.79 Å². The number of rotatable bonds is 7. The van der Waals surface area contributed by atoms with Crippen LogP contribution in [0.4, 0.5) is 0 Å². The van der Waals surface area contributed by atoms with Gasteiger partial charge in [-0.1, -0.05) is 19.3 Å². The van der Waals surface area contributed by atoms with Gasteiger partial charge >= 0.3 is 0 Å². The van der Waals surface area contributed by atoms with Crippen LogP contribution in [0.5, 0.6) is 0 Å². The van der Waals surface area contributed by atoms with E-state index in [1.165, 1.54) is 6.42 Å². The maximum atomic E-state index is 12.0. The lowest BCUT2D eigenvalue weighted by molar-refractivity contribution is -0.126. The van der Waals surface area contributed by atoms with Gasteiger partial charge in [0.05, 0.1) is 25.7 Å². The van der Waals surface area contributed by atoms with Gasteiger partial charge in [-0.25, -0.2) is 0 Å². The molecule has 0 spiro atoms. The second kappa shape index (κ2) is 9.30. The molecule has 0 radical (unpaired) electrons. The average molecular weight is 258 g/mol. The maximum Gasteiger partial charge on any atom is 0.224 e. The minimum absolute atomic E-state index is 0.0157. The maximum absolute atomic E-state index is 12.0. The average Bonchev–Trinajstić information content (AvgIpc) is 2.58. The molecule has 0 saturated heterocycles. The van der Waals surface area contributed by atoms with Crippen molar-refractivity contribution in [2.45, 2.75) is 38.1 Å². The minimum atomic E-state index is -0.0218. The molecule has 2 unspecified atom stereocenters. The number of ether oxygens (including phenoxy) is 2. The molecule has 0 aromatic heterocycles. The highest BCUT2D eigenvalue weighted by Crippen LogP contribution is 2.22. The molecule has 5 heteroatoms. The molecule has 0 aromatic carbocycles. The fourth-order valence-corrected chi connectivity index (χ4v) is 2.28. The fraction of sp³-hybridized carbons (Fsp3) is 0.923. The zero-order valence-corrected chi connectivity index (χ0v) is 11.3. The van der Waals surface area contributed by atoms with Crippen molar-refractivity contribution >= 4 is 5.91 Å².